The number of hydrogen-bond donors (Lipinski definition) is 0. The Morgan fingerprint density at radius 1 is 0.750 bits per heavy atom. The van der Waals surface area contributed by atoms with Crippen LogP contribution < -0.4 is 4.41 Å². The van der Waals surface area contributed by atoms with Crippen molar-refractivity contribution in [2.45, 2.75) is 76.9 Å². The van der Waals surface area contributed by atoms with Gasteiger partial charge in [-0.05, 0) is 60.0 Å². The van der Waals surface area contributed by atoms with E-state index in [-0.39, 0.29) is 0 Å². The molecule has 1 aliphatic heterocycles. The SMILES string of the molecule is CCCCCCCCc1ccc(C2C=NN(c3ccc(CCC)cc3)S2)cc1. The molecule has 3 rings (SSSR count). The topological polar surface area (TPSA) is 15.6 Å². The van der Waals surface area contributed by atoms with Gasteiger partial charge >= 0.3 is 0 Å². The first-order valence-electron chi connectivity index (χ1n) is 11.0. The molecule has 2 aromatic carbocycles. The Hall–Kier alpha value is -1.74. The molecule has 0 N–H and O–H groups in total. The molecule has 1 heterocycles. The summed E-state index contributed by atoms with van der Waals surface area (Å²) in [6, 6.07) is 18.0. The number of aryl methyl sites for hydroxylation is 2. The molecular weight excluding hydrogens is 360 g/mol. The van der Waals surface area contributed by atoms with Crippen molar-refractivity contribution in [2.75, 3.05) is 4.41 Å². The molecule has 0 radical (unpaired) electrons. The zero-order valence-corrected chi connectivity index (χ0v) is 18.3. The Morgan fingerprint density at radius 3 is 2.11 bits per heavy atom. The average molecular weight is 395 g/mol. The third kappa shape index (κ3) is 6.13. The van der Waals surface area contributed by atoms with Gasteiger partial charge in [0.2, 0.25) is 0 Å². The first-order valence-corrected chi connectivity index (χ1v) is 11.8. The minimum Gasteiger partial charge on any atom is -0.206 e. The van der Waals surface area contributed by atoms with Crippen molar-refractivity contribution < 1.29 is 0 Å². The van der Waals surface area contributed by atoms with Crippen LogP contribution in [-0.2, 0) is 12.8 Å². The summed E-state index contributed by atoms with van der Waals surface area (Å²) in [5.41, 5.74) is 5.35. The van der Waals surface area contributed by atoms with Crippen LogP contribution in [0.4, 0.5) is 5.69 Å². The van der Waals surface area contributed by atoms with Gasteiger partial charge in [0, 0.05) is 6.21 Å². The molecule has 1 atom stereocenters. The highest BCUT2D eigenvalue weighted by Gasteiger charge is 2.21. The number of unbranched alkanes of at least 4 members (excludes halogenated alkanes) is 5. The van der Waals surface area contributed by atoms with Crippen LogP contribution in [0.25, 0.3) is 0 Å². The largest absolute Gasteiger partial charge is 0.206 e. The molecule has 150 valence electrons. The maximum absolute atomic E-state index is 4.62. The van der Waals surface area contributed by atoms with E-state index in [1.54, 1.807) is 11.9 Å². The van der Waals surface area contributed by atoms with Gasteiger partial charge in [-0.15, -0.1) is 0 Å². The lowest BCUT2D eigenvalue weighted by atomic mass is 10.0. The summed E-state index contributed by atoms with van der Waals surface area (Å²) in [5, 5.41) is 4.92. The molecule has 3 heteroatoms. The molecule has 0 aliphatic carbocycles. The molecular formula is C25H34N2S. The van der Waals surface area contributed by atoms with Crippen LogP contribution >= 0.6 is 11.9 Å². The fourth-order valence-electron chi connectivity index (χ4n) is 3.62. The van der Waals surface area contributed by atoms with Gasteiger partial charge in [0.15, 0.2) is 0 Å². The minimum absolute atomic E-state index is 0.304. The standard InChI is InChI=1S/C25H34N2S/c1-3-5-6-7-8-9-11-22-12-16-23(17-13-22)25-20-26-27(28-25)24-18-14-21(10-4-2)15-19-24/h12-20,25H,3-11H2,1-2H3. The fraction of sp³-hybridized carbons (Fsp3) is 0.480. The second kappa shape index (κ2) is 11.3. The second-order valence-electron chi connectivity index (χ2n) is 7.74. The lowest BCUT2D eigenvalue weighted by Gasteiger charge is -2.15. The summed E-state index contributed by atoms with van der Waals surface area (Å²) in [4.78, 5) is 0. The third-order valence-electron chi connectivity index (χ3n) is 5.34. The predicted molar refractivity (Wildman–Crippen MR) is 125 cm³/mol. The van der Waals surface area contributed by atoms with Crippen molar-refractivity contribution in [3.63, 3.8) is 0 Å². The van der Waals surface area contributed by atoms with Crippen molar-refractivity contribution >= 4 is 23.8 Å². The summed E-state index contributed by atoms with van der Waals surface area (Å²) in [7, 11) is 0. The van der Waals surface area contributed by atoms with E-state index in [1.165, 1.54) is 68.1 Å². The molecule has 2 nitrogen and oxygen atoms in total. The highest BCUT2D eigenvalue weighted by atomic mass is 32.2. The van der Waals surface area contributed by atoms with Crippen molar-refractivity contribution in [2.24, 2.45) is 5.10 Å². The van der Waals surface area contributed by atoms with E-state index in [9.17, 15) is 0 Å². The van der Waals surface area contributed by atoms with Crippen LogP contribution in [-0.4, -0.2) is 6.21 Å². The van der Waals surface area contributed by atoms with E-state index in [0.29, 0.717) is 5.25 Å². The van der Waals surface area contributed by atoms with Crippen LogP contribution in [0.1, 0.15) is 80.7 Å². The van der Waals surface area contributed by atoms with E-state index in [4.69, 9.17) is 0 Å². The summed E-state index contributed by atoms with van der Waals surface area (Å²) in [6.07, 6.45) is 13.8. The van der Waals surface area contributed by atoms with E-state index < -0.39 is 0 Å². The van der Waals surface area contributed by atoms with Gasteiger partial charge in [-0.2, -0.15) is 5.10 Å². The fourth-order valence-corrected chi connectivity index (χ4v) is 4.57. The highest BCUT2D eigenvalue weighted by Crippen LogP contribution is 2.38. The molecule has 1 unspecified atom stereocenters. The third-order valence-corrected chi connectivity index (χ3v) is 6.47. The monoisotopic (exact) mass is 394 g/mol. The van der Waals surface area contributed by atoms with Gasteiger partial charge in [-0.25, -0.2) is 4.41 Å². The molecule has 2 aromatic rings. The molecule has 0 amide bonds. The van der Waals surface area contributed by atoms with Crippen LogP contribution in [0.5, 0.6) is 0 Å². The van der Waals surface area contributed by atoms with E-state index in [1.807, 2.05) is 4.41 Å². The van der Waals surface area contributed by atoms with Gasteiger partial charge in [0.25, 0.3) is 0 Å². The maximum Gasteiger partial charge on any atom is 0.0887 e. The number of hydrogen-bond acceptors (Lipinski definition) is 3. The lowest BCUT2D eigenvalue weighted by Crippen LogP contribution is -2.02. The molecule has 0 bridgehead atoms. The smallest absolute Gasteiger partial charge is 0.0887 e. The Bertz CT molecular complexity index is 721. The molecule has 0 spiro atoms. The van der Waals surface area contributed by atoms with Gasteiger partial charge in [0.05, 0.1) is 10.9 Å². The average Bonchev–Trinajstić information content (AvgIpc) is 3.22. The minimum atomic E-state index is 0.304. The number of anilines is 1. The number of benzene rings is 2. The Balaban J connectivity index is 1.46. The maximum atomic E-state index is 4.62. The molecule has 0 saturated heterocycles. The summed E-state index contributed by atoms with van der Waals surface area (Å²) in [5.74, 6) is 0. The zero-order chi connectivity index (χ0) is 19.6. The first kappa shape index (κ1) is 21.0. The number of nitrogens with zero attached hydrogens (tertiary/aromatic N) is 2. The molecule has 28 heavy (non-hydrogen) atoms. The Labute approximate surface area is 175 Å². The van der Waals surface area contributed by atoms with Crippen LogP contribution in [0.2, 0.25) is 0 Å². The predicted octanol–water partition coefficient (Wildman–Crippen LogP) is 7.74. The quantitative estimate of drug-likeness (QED) is 0.286. The van der Waals surface area contributed by atoms with Crippen molar-refractivity contribution in [1.82, 2.24) is 0 Å². The van der Waals surface area contributed by atoms with Crippen molar-refractivity contribution in [3.8, 4) is 0 Å². The second-order valence-corrected chi connectivity index (χ2v) is 8.80. The summed E-state index contributed by atoms with van der Waals surface area (Å²) in [6.45, 7) is 4.50. The normalized spacial score (nSPS) is 16.1. The van der Waals surface area contributed by atoms with Crippen LogP contribution in [0.3, 0.4) is 0 Å². The number of rotatable bonds is 11. The Kier molecular flexibility index (Phi) is 8.47. The lowest BCUT2D eigenvalue weighted by molar-refractivity contribution is 0.607. The molecule has 0 fully saturated rings. The Morgan fingerprint density at radius 2 is 1.39 bits per heavy atom. The molecule has 1 aliphatic rings. The van der Waals surface area contributed by atoms with Gasteiger partial charge in [-0.1, -0.05) is 88.8 Å². The first-order chi connectivity index (χ1) is 13.8. The van der Waals surface area contributed by atoms with Gasteiger partial charge in [-0.3, -0.25) is 0 Å². The van der Waals surface area contributed by atoms with Gasteiger partial charge in [0.1, 0.15) is 0 Å². The van der Waals surface area contributed by atoms with E-state index in [2.05, 4.69) is 73.7 Å². The highest BCUT2D eigenvalue weighted by molar-refractivity contribution is 8.01. The van der Waals surface area contributed by atoms with Crippen LogP contribution in [0.15, 0.2) is 53.6 Å². The van der Waals surface area contributed by atoms with Crippen LogP contribution in [0, 0.1) is 0 Å². The number of hydrazone groups is 1. The summed E-state index contributed by atoms with van der Waals surface area (Å²) >= 11 is 1.78. The molecule has 0 aromatic heterocycles. The summed E-state index contributed by atoms with van der Waals surface area (Å²) < 4.78 is 2.05. The zero-order valence-electron chi connectivity index (χ0n) is 17.4. The van der Waals surface area contributed by atoms with Crippen molar-refractivity contribution in [3.05, 3.63) is 65.2 Å². The van der Waals surface area contributed by atoms with E-state index in [0.717, 1.165) is 12.1 Å². The molecule has 0 saturated carbocycles. The van der Waals surface area contributed by atoms with Crippen molar-refractivity contribution in [1.29, 1.82) is 0 Å². The van der Waals surface area contributed by atoms with E-state index >= 15 is 0 Å². The van der Waals surface area contributed by atoms with Gasteiger partial charge < -0.3 is 0 Å².